The van der Waals surface area contributed by atoms with E-state index in [1.165, 1.54) is 83.7 Å². The minimum Gasteiger partial charge on any atom is -0.336 e. The molecule has 0 amide bonds. The van der Waals surface area contributed by atoms with E-state index in [0.717, 1.165) is 13.0 Å². The second kappa shape index (κ2) is 10.5. The predicted molar refractivity (Wildman–Crippen MR) is 189 cm³/mol. The zero-order valence-corrected chi connectivity index (χ0v) is 24.9. The van der Waals surface area contributed by atoms with Crippen LogP contribution >= 0.6 is 0 Å². The van der Waals surface area contributed by atoms with Gasteiger partial charge in [0.2, 0.25) is 0 Å². The van der Waals surface area contributed by atoms with Gasteiger partial charge in [-0.3, -0.25) is 0 Å². The van der Waals surface area contributed by atoms with Crippen LogP contribution in [-0.2, 0) is 13.0 Å². The predicted octanol–water partition coefficient (Wildman–Crippen LogP) is 11.6. The second-order valence-corrected chi connectivity index (χ2v) is 12.2. The maximum Gasteiger partial charge on any atom is 0.0493 e. The third-order valence-electron chi connectivity index (χ3n) is 9.52. The highest BCUT2D eigenvalue weighted by Crippen LogP contribution is 2.46. The van der Waals surface area contributed by atoms with Gasteiger partial charge in [0.05, 0.1) is 0 Å². The van der Waals surface area contributed by atoms with Gasteiger partial charge in [-0.05, 0) is 110 Å². The molecule has 1 heteroatoms. The number of hydrogen-bond acceptors (Lipinski definition) is 1. The third-order valence-corrected chi connectivity index (χ3v) is 9.52. The largest absolute Gasteiger partial charge is 0.336 e. The van der Waals surface area contributed by atoms with Crippen molar-refractivity contribution in [1.29, 1.82) is 0 Å². The fourth-order valence-corrected chi connectivity index (χ4v) is 7.23. The molecule has 9 rings (SSSR count). The standard InChI is InChI=1S/C44H31N/c1-2-10-30(11-3-1)31-13-8-14-32(24-31)33-15-9-16-34(25-33)35-20-21-38-29-45(44-19-7-6-18-41(44)42(38)27-35)39-23-22-37-26-36-12-4-5-17-40(36)43(37)28-39/h1-25,27-28H,26,29H2. The first kappa shape index (κ1) is 25.8. The van der Waals surface area contributed by atoms with Crippen LogP contribution in [0.1, 0.15) is 16.7 Å². The SMILES string of the molecule is c1ccc(-c2cccc(-c3cccc(-c4ccc5c(c4)-c4ccccc4N(c4ccc6c(c4)-c4ccccc4C6)C5)c3)c2)cc1. The molecule has 0 unspecified atom stereocenters. The molecule has 7 aromatic carbocycles. The van der Waals surface area contributed by atoms with Crippen LogP contribution < -0.4 is 4.90 Å². The fourth-order valence-electron chi connectivity index (χ4n) is 7.23. The van der Waals surface area contributed by atoms with Crippen molar-refractivity contribution in [3.05, 3.63) is 180 Å². The van der Waals surface area contributed by atoms with E-state index in [0.29, 0.717) is 0 Å². The van der Waals surface area contributed by atoms with Gasteiger partial charge in [-0.15, -0.1) is 0 Å². The van der Waals surface area contributed by atoms with Crippen molar-refractivity contribution in [2.75, 3.05) is 4.90 Å². The number of rotatable bonds is 4. The van der Waals surface area contributed by atoms with E-state index in [4.69, 9.17) is 0 Å². The zero-order valence-electron chi connectivity index (χ0n) is 24.9. The molecule has 0 N–H and O–H groups in total. The van der Waals surface area contributed by atoms with Gasteiger partial charge in [0, 0.05) is 23.5 Å². The van der Waals surface area contributed by atoms with Crippen LogP contribution in [-0.4, -0.2) is 0 Å². The summed E-state index contributed by atoms with van der Waals surface area (Å²) in [6, 6.07) is 60.2. The summed E-state index contributed by atoms with van der Waals surface area (Å²) in [7, 11) is 0. The third kappa shape index (κ3) is 4.48. The Morgan fingerprint density at radius 3 is 1.67 bits per heavy atom. The minimum atomic E-state index is 0.847. The van der Waals surface area contributed by atoms with Crippen molar-refractivity contribution < 1.29 is 0 Å². The molecule has 7 aromatic rings. The molecule has 45 heavy (non-hydrogen) atoms. The van der Waals surface area contributed by atoms with E-state index in [1.807, 2.05) is 0 Å². The molecule has 1 nitrogen and oxygen atoms in total. The molecule has 1 aliphatic carbocycles. The maximum atomic E-state index is 2.49. The molecular weight excluding hydrogens is 542 g/mol. The maximum absolute atomic E-state index is 2.49. The van der Waals surface area contributed by atoms with Gasteiger partial charge in [0.15, 0.2) is 0 Å². The molecule has 1 aliphatic heterocycles. The summed E-state index contributed by atoms with van der Waals surface area (Å²) in [4.78, 5) is 2.49. The van der Waals surface area contributed by atoms with Gasteiger partial charge in [0.1, 0.15) is 0 Å². The Balaban J connectivity index is 1.07. The Kier molecular flexibility index (Phi) is 6.02. The molecular formula is C44H31N. The van der Waals surface area contributed by atoms with E-state index < -0.39 is 0 Å². The lowest BCUT2D eigenvalue weighted by Gasteiger charge is -2.33. The number of fused-ring (bicyclic) bond motifs is 6. The summed E-state index contributed by atoms with van der Waals surface area (Å²) in [6.07, 6.45) is 1.02. The van der Waals surface area contributed by atoms with E-state index >= 15 is 0 Å². The van der Waals surface area contributed by atoms with Crippen molar-refractivity contribution >= 4 is 11.4 Å². The lowest BCUT2D eigenvalue weighted by atomic mass is 9.89. The van der Waals surface area contributed by atoms with Crippen molar-refractivity contribution in [2.45, 2.75) is 13.0 Å². The first-order valence-corrected chi connectivity index (χ1v) is 15.8. The lowest BCUT2D eigenvalue weighted by molar-refractivity contribution is 0.961. The number of para-hydroxylation sites is 1. The van der Waals surface area contributed by atoms with Crippen molar-refractivity contribution in [3.8, 4) is 55.6 Å². The average molecular weight is 574 g/mol. The molecule has 0 fully saturated rings. The van der Waals surface area contributed by atoms with E-state index in [2.05, 4.69) is 169 Å². The lowest BCUT2D eigenvalue weighted by Crippen LogP contribution is -2.21. The van der Waals surface area contributed by atoms with Crippen LogP contribution in [0.4, 0.5) is 11.4 Å². The molecule has 0 saturated heterocycles. The first-order chi connectivity index (χ1) is 22.3. The smallest absolute Gasteiger partial charge is 0.0493 e. The van der Waals surface area contributed by atoms with Crippen LogP contribution in [0.5, 0.6) is 0 Å². The Morgan fingerprint density at radius 2 is 0.889 bits per heavy atom. The Labute approximate surface area is 264 Å². The first-order valence-electron chi connectivity index (χ1n) is 15.8. The van der Waals surface area contributed by atoms with E-state index in [1.54, 1.807) is 0 Å². The van der Waals surface area contributed by atoms with E-state index in [-0.39, 0.29) is 0 Å². The van der Waals surface area contributed by atoms with Crippen molar-refractivity contribution in [3.63, 3.8) is 0 Å². The van der Waals surface area contributed by atoms with Gasteiger partial charge in [-0.1, -0.05) is 127 Å². The highest BCUT2D eigenvalue weighted by Gasteiger charge is 2.25. The van der Waals surface area contributed by atoms with Crippen LogP contribution in [0.2, 0.25) is 0 Å². The van der Waals surface area contributed by atoms with Gasteiger partial charge >= 0.3 is 0 Å². The number of benzene rings is 7. The Hall–Kier alpha value is -5.66. The number of hydrogen-bond donors (Lipinski definition) is 0. The molecule has 0 bridgehead atoms. The molecule has 1 heterocycles. The van der Waals surface area contributed by atoms with Crippen molar-refractivity contribution in [2.24, 2.45) is 0 Å². The monoisotopic (exact) mass is 573 g/mol. The zero-order chi connectivity index (χ0) is 29.7. The molecule has 0 atom stereocenters. The molecule has 0 spiro atoms. The highest BCUT2D eigenvalue weighted by atomic mass is 15.1. The van der Waals surface area contributed by atoms with Gasteiger partial charge < -0.3 is 4.90 Å². The van der Waals surface area contributed by atoms with Crippen molar-refractivity contribution in [1.82, 2.24) is 0 Å². The summed E-state index contributed by atoms with van der Waals surface area (Å²) in [5.74, 6) is 0. The van der Waals surface area contributed by atoms with Gasteiger partial charge in [-0.25, -0.2) is 0 Å². The van der Waals surface area contributed by atoms with Crippen LogP contribution in [0.15, 0.2) is 164 Å². The van der Waals surface area contributed by atoms with Gasteiger partial charge in [-0.2, -0.15) is 0 Å². The minimum absolute atomic E-state index is 0.847. The van der Waals surface area contributed by atoms with Gasteiger partial charge in [0.25, 0.3) is 0 Å². The van der Waals surface area contributed by atoms with Crippen LogP contribution in [0.25, 0.3) is 55.6 Å². The molecule has 212 valence electrons. The summed E-state index contributed by atoms with van der Waals surface area (Å²) in [5.41, 5.74) is 19.5. The van der Waals surface area contributed by atoms with E-state index in [9.17, 15) is 0 Å². The summed E-state index contributed by atoms with van der Waals surface area (Å²) < 4.78 is 0. The molecule has 0 saturated carbocycles. The average Bonchev–Trinajstić information content (AvgIpc) is 3.49. The van der Waals surface area contributed by atoms with Crippen LogP contribution in [0, 0.1) is 0 Å². The molecule has 0 radical (unpaired) electrons. The summed E-state index contributed by atoms with van der Waals surface area (Å²) in [6.45, 7) is 0.847. The summed E-state index contributed by atoms with van der Waals surface area (Å²) in [5, 5.41) is 0. The topological polar surface area (TPSA) is 3.24 Å². The number of nitrogens with zero attached hydrogens (tertiary/aromatic N) is 1. The summed E-state index contributed by atoms with van der Waals surface area (Å²) >= 11 is 0. The number of anilines is 2. The molecule has 2 aliphatic rings. The second-order valence-electron chi connectivity index (χ2n) is 12.2. The highest BCUT2D eigenvalue weighted by molar-refractivity contribution is 5.91. The normalized spacial score (nSPS) is 12.7. The van der Waals surface area contributed by atoms with Crippen LogP contribution in [0.3, 0.4) is 0 Å². The molecule has 0 aromatic heterocycles. The Bertz CT molecular complexity index is 2230. The quantitative estimate of drug-likeness (QED) is 0.202. The fraction of sp³-hybridized carbons (Fsp3) is 0.0455. The Morgan fingerprint density at radius 1 is 0.333 bits per heavy atom.